The molecule has 4 rings (SSSR count). The van der Waals surface area contributed by atoms with Crippen LogP contribution in [-0.2, 0) is 9.59 Å². The molecule has 0 saturated heterocycles. The van der Waals surface area contributed by atoms with Crippen molar-refractivity contribution in [3.05, 3.63) is 70.4 Å². The van der Waals surface area contributed by atoms with Crippen LogP contribution in [0.25, 0.3) is 33.5 Å². The number of furan rings is 1. The normalized spacial score (nSPS) is 12.0. The van der Waals surface area contributed by atoms with E-state index in [1.54, 1.807) is 48.5 Å². The Kier molecular flexibility index (Phi) is 7.33. The second-order valence-electron chi connectivity index (χ2n) is 10.2. The monoisotopic (exact) mass is 567 g/mol. The summed E-state index contributed by atoms with van der Waals surface area (Å²) in [7, 11) is 1.41. The van der Waals surface area contributed by atoms with Gasteiger partial charge in [0.05, 0.1) is 11.1 Å². The van der Waals surface area contributed by atoms with Gasteiger partial charge in [-0.3, -0.25) is 14.4 Å². The minimum absolute atomic E-state index is 0.0294. The summed E-state index contributed by atoms with van der Waals surface area (Å²) in [5.41, 5.74) is 4.56. The lowest BCUT2D eigenvalue weighted by Crippen LogP contribution is -2.47. The average Bonchev–Trinajstić information content (AvgIpc) is 3.25. The Labute approximate surface area is 235 Å². The molecule has 0 aliphatic carbocycles. The molecule has 0 radical (unpaired) electrons. The molecule has 10 heteroatoms. The van der Waals surface area contributed by atoms with Crippen LogP contribution in [0, 0.1) is 5.41 Å². The van der Waals surface area contributed by atoms with Crippen LogP contribution in [-0.4, -0.2) is 40.3 Å². The molecule has 0 spiro atoms. The predicted molar refractivity (Wildman–Crippen MR) is 152 cm³/mol. The molecule has 0 atom stereocenters. The first kappa shape index (κ1) is 28.3. The van der Waals surface area contributed by atoms with Gasteiger partial charge in [-0.2, -0.15) is 0 Å². The number of aromatic nitrogens is 1. The van der Waals surface area contributed by atoms with E-state index in [2.05, 4.69) is 0 Å². The molecule has 2 amide bonds. The minimum Gasteiger partial charge on any atom is -0.432 e. The molecular formula is C29H27Cl2N3O5. The summed E-state index contributed by atoms with van der Waals surface area (Å²) in [5, 5.41) is 11.8. The lowest BCUT2D eigenvalue weighted by molar-refractivity contribution is -0.137. The zero-order valence-electron chi connectivity index (χ0n) is 22.0. The Balaban J connectivity index is 2.10. The van der Waals surface area contributed by atoms with Gasteiger partial charge in [-0.15, -0.1) is 0 Å². The van der Waals surface area contributed by atoms with Crippen LogP contribution in [0.4, 0.5) is 5.69 Å². The SMILES string of the molecule is CN(C(=O)C(C)(C)C(N)=O)c1c(C(=O)C(C)(C)O)oc2nc(-c3ccccc3Cl)c(-c3ccc(Cl)cc3)cc12. The molecule has 0 bridgehead atoms. The number of hydrogen-bond donors (Lipinski definition) is 2. The van der Waals surface area contributed by atoms with Gasteiger partial charge in [0.2, 0.25) is 23.3 Å². The summed E-state index contributed by atoms with van der Waals surface area (Å²) < 4.78 is 5.95. The van der Waals surface area contributed by atoms with Crippen LogP contribution in [0.1, 0.15) is 38.2 Å². The number of Topliss-reactive ketones (excluding diaryl/α,β-unsaturated/α-hetero) is 1. The van der Waals surface area contributed by atoms with E-state index in [-0.39, 0.29) is 17.2 Å². The number of rotatable bonds is 7. The van der Waals surface area contributed by atoms with Gasteiger partial charge < -0.3 is 20.2 Å². The van der Waals surface area contributed by atoms with Gasteiger partial charge in [-0.25, -0.2) is 4.98 Å². The van der Waals surface area contributed by atoms with Crippen LogP contribution >= 0.6 is 23.2 Å². The van der Waals surface area contributed by atoms with Crippen molar-refractivity contribution < 1.29 is 23.9 Å². The van der Waals surface area contributed by atoms with Crippen molar-refractivity contribution >= 4 is 57.6 Å². The molecule has 8 nitrogen and oxygen atoms in total. The average molecular weight is 568 g/mol. The van der Waals surface area contributed by atoms with E-state index in [0.29, 0.717) is 32.3 Å². The highest BCUT2D eigenvalue weighted by Crippen LogP contribution is 2.42. The van der Waals surface area contributed by atoms with Gasteiger partial charge in [-0.1, -0.05) is 53.5 Å². The zero-order valence-corrected chi connectivity index (χ0v) is 23.5. The molecule has 0 saturated carbocycles. The van der Waals surface area contributed by atoms with Crippen LogP contribution in [0.2, 0.25) is 10.0 Å². The summed E-state index contributed by atoms with van der Waals surface area (Å²) >= 11 is 12.7. The first-order chi connectivity index (χ1) is 18.1. The summed E-state index contributed by atoms with van der Waals surface area (Å²) in [6, 6.07) is 15.9. The van der Waals surface area contributed by atoms with Crippen molar-refractivity contribution in [2.45, 2.75) is 33.3 Å². The predicted octanol–water partition coefficient (Wildman–Crippen LogP) is 5.90. The third-order valence-electron chi connectivity index (χ3n) is 6.49. The highest BCUT2D eigenvalue weighted by Gasteiger charge is 2.41. The Hall–Kier alpha value is -3.72. The topological polar surface area (TPSA) is 127 Å². The lowest BCUT2D eigenvalue weighted by atomic mass is 9.90. The minimum atomic E-state index is -1.84. The van der Waals surface area contributed by atoms with Crippen LogP contribution in [0.3, 0.4) is 0 Å². The lowest BCUT2D eigenvalue weighted by Gasteiger charge is -2.27. The second-order valence-corrected chi connectivity index (χ2v) is 11.1. The summed E-state index contributed by atoms with van der Waals surface area (Å²) in [6.07, 6.45) is 0. The van der Waals surface area contributed by atoms with Gasteiger partial charge in [0.15, 0.2) is 5.76 Å². The van der Waals surface area contributed by atoms with E-state index in [0.717, 1.165) is 10.5 Å². The fourth-order valence-electron chi connectivity index (χ4n) is 4.11. The Bertz CT molecular complexity index is 1620. The number of primary amides is 1. The van der Waals surface area contributed by atoms with E-state index in [4.69, 9.17) is 38.3 Å². The van der Waals surface area contributed by atoms with Crippen molar-refractivity contribution in [1.29, 1.82) is 0 Å². The highest BCUT2D eigenvalue weighted by molar-refractivity contribution is 6.33. The van der Waals surface area contributed by atoms with Crippen molar-refractivity contribution in [2.24, 2.45) is 11.1 Å². The number of ketones is 1. The van der Waals surface area contributed by atoms with E-state index in [9.17, 15) is 19.5 Å². The van der Waals surface area contributed by atoms with Gasteiger partial charge in [-0.05, 0) is 57.5 Å². The number of anilines is 1. The molecular weight excluding hydrogens is 541 g/mol. The number of aliphatic hydroxyl groups is 1. The molecule has 0 aliphatic rings. The molecule has 2 aromatic carbocycles. The van der Waals surface area contributed by atoms with E-state index in [1.807, 2.05) is 6.07 Å². The maximum absolute atomic E-state index is 13.5. The van der Waals surface area contributed by atoms with E-state index >= 15 is 0 Å². The third-order valence-corrected chi connectivity index (χ3v) is 7.07. The standard InChI is InChI=1S/C29H27Cl2N3O5/c1-28(2,26(32)36)27(37)34(5)22-19-14-18(15-10-12-16(30)13-11-15)21(17-8-6-7-9-20(17)31)33-25(19)39-23(22)24(35)29(3,4)38/h6-14,38H,1-5H3,(H2,32,36). The molecule has 3 N–H and O–H groups in total. The van der Waals surface area contributed by atoms with Gasteiger partial charge in [0.25, 0.3) is 0 Å². The number of carbonyl (C=O) groups excluding carboxylic acids is 3. The maximum atomic E-state index is 13.5. The Morgan fingerprint density at radius 1 is 0.974 bits per heavy atom. The van der Waals surface area contributed by atoms with Crippen molar-refractivity contribution in [3.63, 3.8) is 0 Å². The van der Waals surface area contributed by atoms with Gasteiger partial charge in [0, 0.05) is 28.2 Å². The zero-order chi connectivity index (χ0) is 28.9. The smallest absolute Gasteiger partial charge is 0.241 e. The molecule has 0 unspecified atom stereocenters. The van der Waals surface area contributed by atoms with Crippen LogP contribution < -0.4 is 10.6 Å². The maximum Gasteiger partial charge on any atom is 0.241 e. The van der Waals surface area contributed by atoms with Crippen molar-refractivity contribution in [2.75, 3.05) is 11.9 Å². The summed E-state index contributed by atoms with van der Waals surface area (Å²) in [5.74, 6) is -2.59. The van der Waals surface area contributed by atoms with Crippen molar-refractivity contribution in [1.82, 2.24) is 4.98 Å². The van der Waals surface area contributed by atoms with Crippen LogP contribution in [0.5, 0.6) is 0 Å². The molecule has 0 aliphatic heterocycles. The van der Waals surface area contributed by atoms with Gasteiger partial charge >= 0.3 is 0 Å². The third kappa shape index (κ3) is 5.15. The highest BCUT2D eigenvalue weighted by atomic mass is 35.5. The number of benzene rings is 2. The first-order valence-corrected chi connectivity index (χ1v) is 12.7. The Morgan fingerprint density at radius 3 is 2.15 bits per heavy atom. The largest absolute Gasteiger partial charge is 0.432 e. The number of nitrogens with two attached hydrogens (primary N) is 1. The number of pyridine rings is 1. The molecule has 4 aromatic rings. The molecule has 39 heavy (non-hydrogen) atoms. The molecule has 2 heterocycles. The number of nitrogens with zero attached hydrogens (tertiary/aromatic N) is 2. The fraction of sp³-hybridized carbons (Fsp3) is 0.241. The first-order valence-electron chi connectivity index (χ1n) is 12.0. The summed E-state index contributed by atoms with van der Waals surface area (Å²) in [6.45, 7) is 5.40. The van der Waals surface area contributed by atoms with E-state index in [1.165, 1.54) is 34.7 Å². The van der Waals surface area contributed by atoms with Crippen molar-refractivity contribution in [3.8, 4) is 22.4 Å². The van der Waals surface area contributed by atoms with Crippen LogP contribution in [0.15, 0.2) is 59.0 Å². The molecule has 2 aromatic heterocycles. The number of halogens is 2. The fourth-order valence-corrected chi connectivity index (χ4v) is 4.46. The quantitative estimate of drug-likeness (QED) is 0.211. The van der Waals surface area contributed by atoms with Gasteiger partial charge in [0.1, 0.15) is 16.7 Å². The number of hydrogen-bond acceptors (Lipinski definition) is 6. The summed E-state index contributed by atoms with van der Waals surface area (Å²) in [4.78, 5) is 44.8. The molecule has 202 valence electrons. The van der Waals surface area contributed by atoms with E-state index < -0.39 is 28.6 Å². The Morgan fingerprint density at radius 2 is 1.59 bits per heavy atom. The second kappa shape index (κ2) is 10.1. The number of carbonyl (C=O) groups is 3. The number of fused-ring (bicyclic) bond motifs is 1. The molecule has 0 fully saturated rings. The number of amides is 2.